The minimum atomic E-state index is -0.298. The zero-order valence-corrected chi connectivity index (χ0v) is 23.8. The van der Waals surface area contributed by atoms with Crippen molar-refractivity contribution in [1.29, 1.82) is 0 Å². The molecule has 8 heteroatoms. The normalized spacial score (nSPS) is 12.7. The van der Waals surface area contributed by atoms with Gasteiger partial charge in [-0.3, -0.25) is 14.5 Å². The number of carbonyl (C=O) groups is 2. The Labute approximate surface area is 243 Å². The fraction of sp³-hybridized carbons (Fsp3) is 0.235. The molecule has 0 unspecified atom stereocenters. The summed E-state index contributed by atoms with van der Waals surface area (Å²) < 4.78 is 17.7. The molecule has 3 heterocycles. The molecule has 42 heavy (non-hydrogen) atoms. The Morgan fingerprint density at radius 3 is 2.24 bits per heavy atom. The van der Waals surface area contributed by atoms with Gasteiger partial charge in [0.25, 0.3) is 11.8 Å². The molecule has 0 aliphatic carbocycles. The predicted molar refractivity (Wildman–Crippen MR) is 161 cm³/mol. The van der Waals surface area contributed by atoms with Crippen molar-refractivity contribution >= 4 is 33.5 Å². The number of carbonyl (C=O) groups excluding carboxylic acids is 2. The maximum Gasteiger partial charge on any atom is 0.261 e. The lowest BCUT2D eigenvalue weighted by atomic mass is 9.98. The number of para-hydroxylation sites is 1. The number of aromatic nitrogens is 2. The first-order chi connectivity index (χ1) is 20.5. The van der Waals surface area contributed by atoms with E-state index in [9.17, 15) is 9.59 Å². The molecule has 1 aliphatic rings. The summed E-state index contributed by atoms with van der Waals surface area (Å²) in [5, 5.41) is 2.94. The van der Waals surface area contributed by atoms with Gasteiger partial charge in [0.1, 0.15) is 23.6 Å². The number of ether oxygens (including phenoxy) is 3. The van der Waals surface area contributed by atoms with E-state index < -0.39 is 0 Å². The maximum atomic E-state index is 12.7. The monoisotopic (exact) mass is 561 g/mol. The van der Waals surface area contributed by atoms with Gasteiger partial charge in [-0.25, -0.2) is 9.97 Å². The van der Waals surface area contributed by atoms with Gasteiger partial charge in [-0.2, -0.15) is 0 Å². The highest BCUT2D eigenvalue weighted by atomic mass is 16.5. The SMILES string of the molecule is CCCc1nc(OC)c(Cc2ccc3cccc(OCCN4C(=O)c5ccccc5C4=O)c3n2)c2c(OC)cccc12. The van der Waals surface area contributed by atoms with Crippen molar-refractivity contribution in [3.8, 4) is 17.4 Å². The number of hydrogen-bond donors (Lipinski definition) is 0. The third kappa shape index (κ3) is 4.79. The molecule has 2 amide bonds. The smallest absolute Gasteiger partial charge is 0.261 e. The number of aryl methyl sites for hydroxylation is 1. The van der Waals surface area contributed by atoms with Gasteiger partial charge in [-0.1, -0.05) is 55.8 Å². The highest BCUT2D eigenvalue weighted by Crippen LogP contribution is 2.37. The average Bonchev–Trinajstić information content (AvgIpc) is 3.26. The van der Waals surface area contributed by atoms with Gasteiger partial charge in [0.05, 0.1) is 37.6 Å². The van der Waals surface area contributed by atoms with Crippen molar-refractivity contribution in [2.24, 2.45) is 0 Å². The van der Waals surface area contributed by atoms with Crippen molar-refractivity contribution in [3.63, 3.8) is 0 Å². The number of methoxy groups -OCH3 is 2. The third-order valence-electron chi connectivity index (χ3n) is 7.58. The molecule has 212 valence electrons. The number of pyridine rings is 2. The van der Waals surface area contributed by atoms with E-state index in [0.717, 1.165) is 51.7 Å². The highest BCUT2D eigenvalue weighted by Gasteiger charge is 2.34. The van der Waals surface area contributed by atoms with Crippen LogP contribution in [0.15, 0.2) is 72.8 Å². The quantitative estimate of drug-likeness (QED) is 0.193. The van der Waals surface area contributed by atoms with Crippen LogP contribution in [-0.4, -0.2) is 54.1 Å². The van der Waals surface area contributed by atoms with Crippen LogP contribution in [0.5, 0.6) is 17.4 Å². The molecular formula is C34H31N3O5. The minimum absolute atomic E-state index is 0.140. The topological polar surface area (TPSA) is 90.9 Å². The van der Waals surface area contributed by atoms with E-state index in [1.807, 2.05) is 42.5 Å². The van der Waals surface area contributed by atoms with Gasteiger partial charge in [0.2, 0.25) is 5.88 Å². The lowest BCUT2D eigenvalue weighted by molar-refractivity contribution is 0.0631. The van der Waals surface area contributed by atoms with Crippen molar-refractivity contribution in [1.82, 2.24) is 14.9 Å². The molecule has 6 rings (SSSR count). The zero-order chi connectivity index (χ0) is 29.2. The Hall–Kier alpha value is -4.98. The second-order valence-electron chi connectivity index (χ2n) is 10.1. The fourth-order valence-electron chi connectivity index (χ4n) is 5.62. The van der Waals surface area contributed by atoms with Crippen molar-refractivity contribution in [2.75, 3.05) is 27.4 Å². The standard InChI is InChI=1S/C34H31N3O5/c1-4-9-27-25-13-8-14-28(40-2)30(25)26(32(36-27)41-3)20-22-17-16-21-10-7-15-29(31(21)35-22)42-19-18-37-33(38)23-11-5-6-12-24(23)34(37)39/h5-8,10-17H,4,9,18-20H2,1-3H3. The summed E-state index contributed by atoms with van der Waals surface area (Å²) in [5.41, 5.74) is 4.25. The molecular weight excluding hydrogens is 530 g/mol. The van der Waals surface area contributed by atoms with Crippen LogP contribution in [0.25, 0.3) is 21.7 Å². The molecule has 0 saturated carbocycles. The first kappa shape index (κ1) is 27.2. The van der Waals surface area contributed by atoms with Crippen molar-refractivity contribution in [3.05, 3.63) is 101 Å². The number of hydrogen-bond acceptors (Lipinski definition) is 7. The summed E-state index contributed by atoms with van der Waals surface area (Å²) in [6.07, 6.45) is 2.26. The van der Waals surface area contributed by atoms with Crippen LogP contribution in [0.3, 0.4) is 0 Å². The average molecular weight is 562 g/mol. The van der Waals surface area contributed by atoms with E-state index in [-0.39, 0.29) is 25.0 Å². The number of rotatable bonds is 10. The molecule has 0 atom stereocenters. The van der Waals surface area contributed by atoms with Gasteiger partial charge >= 0.3 is 0 Å². The van der Waals surface area contributed by atoms with E-state index in [0.29, 0.717) is 34.7 Å². The Kier molecular flexibility index (Phi) is 7.44. The Morgan fingerprint density at radius 1 is 0.786 bits per heavy atom. The molecule has 5 aromatic rings. The third-order valence-corrected chi connectivity index (χ3v) is 7.58. The van der Waals surface area contributed by atoms with Crippen molar-refractivity contribution < 1.29 is 23.8 Å². The minimum Gasteiger partial charge on any atom is -0.496 e. The summed E-state index contributed by atoms with van der Waals surface area (Å²) >= 11 is 0. The van der Waals surface area contributed by atoms with Gasteiger partial charge in [-0.05, 0) is 36.8 Å². The predicted octanol–water partition coefficient (Wildman–Crippen LogP) is 6.02. The molecule has 0 fully saturated rings. The second-order valence-corrected chi connectivity index (χ2v) is 10.1. The van der Waals surface area contributed by atoms with E-state index in [4.69, 9.17) is 24.2 Å². The van der Waals surface area contributed by atoms with Crippen LogP contribution < -0.4 is 14.2 Å². The molecule has 0 bridgehead atoms. The Balaban J connectivity index is 1.30. The van der Waals surface area contributed by atoms with Crippen molar-refractivity contribution in [2.45, 2.75) is 26.2 Å². The lowest BCUT2D eigenvalue weighted by Crippen LogP contribution is -2.33. The summed E-state index contributed by atoms with van der Waals surface area (Å²) in [7, 11) is 3.31. The van der Waals surface area contributed by atoms with Gasteiger partial charge in [0, 0.05) is 33.8 Å². The molecule has 0 spiro atoms. The van der Waals surface area contributed by atoms with E-state index in [1.165, 1.54) is 4.90 Å². The highest BCUT2D eigenvalue weighted by molar-refractivity contribution is 6.21. The zero-order valence-electron chi connectivity index (χ0n) is 23.8. The van der Waals surface area contributed by atoms with Crippen LogP contribution in [0.4, 0.5) is 0 Å². The lowest BCUT2D eigenvalue weighted by Gasteiger charge is -2.17. The number of imide groups is 1. The number of fused-ring (bicyclic) bond motifs is 3. The molecule has 1 aliphatic heterocycles. The molecule has 8 nitrogen and oxygen atoms in total. The Morgan fingerprint density at radius 2 is 1.52 bits per heavy atom. The molecule has 0 saturated heterocycles. The molecule has 2 aromatic heterocycles. The Bertz CT molecular complexity index is 1800. The number of nitrogens with zero attached hydrogens (tertiary/aromatic N) is 3. The van der Waals surface area contributed by atoms with Crippen LogP contribution in [-0.2, 0) is 12.8 Å². The molecule has 0 radical (unpaired) electrons. The van der Waals surface area contributed by atoms with Gasteiger partial charge < -0.3 is 14.2 Å². The van der Waals surface area contributed by atoms with E-state index >= 15 is 0 Å². The first-order valence-corrected chi connectivity index (χ1v) is 14.0. The van der Waals surface area contributed by atoms with E-state index in [2.05, 4.69) is 13.0 Å². The molecule has 3 aromatic carbocycles. The van der Waals surface area contributed by atoms with Crippen LogP contribution in [0, 0.1) is 0 Å². The summed E-state index contributed by atoms with van der Waals surface area (Å²) in [6.45, 7) is 2.42. The van der Waals surface area contributed by atoms with Crippen LogP contribution in [0.2, 0.25) is 0 Å². The first-order valence-electron chi connectivity index (χ1n) is 14.0. The molecule has 0 N–H and O–H groups in total. The van der Waals surface area contributed by atoms with Crippen LogP contribution in [0.1, 0.15) is 51.0 Å². The maximum absolute atomic E-state index is 12.7. The van der Waals surface area contributed by atoms with Gasteiger partial charge in [0.15, 0.2) is 0 Å². The largest absolute Gasteiger partial charge is 0.496 e. The summed E-state index contributed by atoms with van der Waals surface area (Å²) in [4.78, 5) is 36.6. The fourth-order valence-corrected chi connectivity index (χ4v) is 5.62. The summed E-state index contributed by atoms with van der Waals surface area (Å²) in [5.74, 6) is 1.30. The second kappa shape index (κ2) is 11.5. The van der Waals surface area contributed by atoms with Crippen LogP contribution >= 0.6 is 0 Å². The number of amides is 2. The van der Waals surface area contributed by atoms with Gasteiger partial charge in [-0.15, -0.1) is 0 Å². The summed E-state index contributed by atoms with van der Waals surface area (Å²) in [6, 6.07) is 22.6. The number of benzene rings is 3. The van der Waals surface area contributed by atoms with E-state index in [1.54, 1.807) is 38.5 Å².